The lowest BCUT2D eigenvalue weighted by atomic mass is 10.1. The smallest absolute Gasteiger partial charge is 0.270 e. The van der Waals surface area contributed by atoms with E-state index in [0.29, 0.717) is 23.6 Å². The number of aromatic nitrogens is 3. The van der Waals surface area contributed by atoms with E-state index in [2.05, 4.69) is 15.3 Å². The van der Waals surface area contributed by atoms with Crippen LogP contribution in [0.2, 0.25) is 0 Å². The van der Waals surface area contributed by atoms with E-state index >= 15 is 0 Å². The third kappa shape index (κ3) is 3.86. The van der Waals surface area contributed by atoms with Crippen LogP contribution in [0.25, 0.3) is 10.9 Å². The van der Waals surface area contributed by atoms with Gasteiger partial charge in [-0.15, -0.1) is 0 Å². The number of H-pyrrole nitrogens is 1. The van der Waals surface area contributed by atoms with Crippen LogP contribution < -0.4 is 5.32 Å². The van der Waals surface area contributed by atoms with Gasteiger partial charge in [0.15, 0.2) is 0 Å². The van der Waals surface area contributed by atoms with Gasteiger partial charge >= 0.3 is 0 Å². The molecule has 2 N–H and O–H groups in total. The van der Waals surface area contributed by atoms with Gasteiger partial charge in [0.05, 0.1) is 11.7 Å². The molecule has 7 heteroatoms. The number of anilines is 2. The fourth-order valence-corrected chi connectivity index (χ4v) is 4.14. The molecule has 5 rings (SSSR count). The number of rotatable bonds is 4. The van der Waals surface area contributed by atoms with E-state index in [4.69, 9.17) is 4.98 Å². The van der Waals surface area contributed by atoms with Crippen molar-refractivity contribution in [2.24, 2.45) is 0 Å². The van der Waals surface area contributed by atoms with E-state index in [0.717, 1.165) is 35.4 Å². The van der Waals surface area contributed by atoms with Gasteiger partial charge in [-0.25, -0.2) is 14.4 Å². The van der Waals surface area contributed by atoms with Crippen LogP contribution in [-0.2, 0) is 0 Å². The number of amides is 1. The van der Waals surface area contributed by atoms with E-state index in [1.54, 1.807) is 12.1 Å². The van der Waals surface area contributed by atoms with Crippen molar-refractivity contribution in [2.75, 3.05) is 11.9 Å². The normalized spacial score (nSPS) is 16.1. The predicted octanol–water partition coefficient (Wildman–Crippen LogP) is 5.13. The molecule has 0 saturated carbocycles. The summed E-state index contributed by atoms with van der Waals surface area (Å²) in [5.41, 5.74) is 2.84. The summed E-state index contributed by atoms with van der Waals surface area (Å²) in [7, 11) is 0. The minimum Gasteiger partial charge on any atom is -0.350 e. The molecule has 0 spiro atoms. The summed E-state index contributed by atoms with van der Waals surface area (Å²) in [4.78, 5) is 27.4. The molecule has 0 aliphatic carbocycles. The molecule has 1 saturated heterocycles. The fourth-order valence-electron chi connectivity index (χ4n) is 4.14. The first kappa shape index (κ1) is 19.2. The van der Waals surface area contributed by atoms with E-state index in [1.807, 2.05) is 48.2 Å². The summed E-state index contributed by atoms with van der Waals surface area (Å²) < 4.78 is 13.5. The van der Waals surface area contributed by atoms with Gasteiger partial charge in [-0.3, -0.25) is 4.79 Å². The molecule has 1 aromatic carbocycles. The van der Waals surface area contributed by atoms with E-state index in [-0.39, 0.29) is 17.8 Å². The number of aromatic amines is 1. The van der Waals surface area contributed by atoms with Gasteiger partial charge in [0.1, 0.15) is 23.1 Å². The van der Waals surface area contributed by atoms with Crippen molar-refractivity contribution >= 4 is 28.4 Å². The Balaban J connectivity index is 1.40. The summed E-state index contributed by atoms with van der Waals surface area (Å²) in [5, 5.41) is 4.06. The number of carbonyl (C=O) groups excluding carboxylic acids is 1. The van der Waals surface area contributed by atoms with Gasteiger partial charge in [0.25, 0.3) is 5.91 Å². The van der Waals surface area contributed by atoms with Gasteiger partial charge in [-0.2, -0.15) is 0 Å². The molecule has 1 aliphatic heterocycles. The Morgan fingerprint density at radius 3 is 2.74 bits per heavy atom. The Labute approximate surface area is 179 Å². The number of fused-ring (bicyclic) bond motifs is 1. The minimum atomic E-state index is -0.330. The quantitative estimate of drug-likeness (QED) is 0.485. The van der Waals surface area contributed by atoms with Gasteiger partial charge in [0.2, 0.25) is 0 Å². The summed E-state index contributed by atoms with van der Waals surface area (Å²) in [6.45, 7) is 2.60. The average Bonchev–Trinajstić information content (AvgIpc) is 3.40. The molecule has 0 radical (unpaired) electrons. The van der Waals surface area contributed by atoms with Crippen LogP contribution in [0.1, 0.15) is 40.8 Å². The van der Waals surface area contributed by atoms with E-state index in [9.17, 15) is 9.18 Å². The van der Waals surface area contributed by atoms with E-state index in [1.165, 1.54) is 12.1 Å². The molecule has 1 amide bonds. The second-order valence-electron chi connectivity index (χ2n) is 7.81. The lowest BCUT2D eigenvalue weighted by Crippen LogP contribution is -2.31. The summed E-state index contributed by atoms with van der Waals surface area (Å²) in [6, 6.07) is 17.7. The van der Waals surface area contributed by atoms with Gasteiger partial charge in [-0.05, 0) is 68.3 Å². The van der Waals surface area contributed by atoms with Crippen molar-refractivity contribution in [1.29, 1.82) is 0 Å². The summed E-state index contributed by atoms with van der Waals surface area (Å²) in [5.74, 6) is 0.994. The van der Waals surface area contributed by atoms with Crippen molar-refractivity contribution in [3.63, 3.8) is 0 Å². The molecule has 1 fully saturated rings. The monoisotopic (exact) mass is 415 g/mol. The van der Waals surface area contributed by atoms with Crippen LogP contribution in [0.4, 0.5) is 16.0 Å². The first-order valence-electron chi connectivity index (χ1n) is 10.3. The average molecular weight is 415 g/mol. The molecular weight excluding hydrogens is 393 g/mol. The maximum atomic E-state index is 13.5. The highest BCUT2D eigenvalue weighted by atomic mass is 19.1. The molecule has 3 aromatic heterocycles. The lowest BCUT2D eigenvalue weighted by Gasteiger charge is -2.24. The Morgan fingerprint density at radius 1 is 1.10 bits per heavy atom. The standard InChI is InChI=1S/C24H22FN5O/c1-15-5-2-8-22(26-15)29-23-9-3-6-18(28-23)21-7-4-12-30(21)24(31)20-13-16-10-11-17(25)14-19(16)27-20/h2-3,5-6,8-11,13-14,21,27H,4,7,12H2,1H3,(H,26,28,29)/t21-/m1/s1. The summed E-state index contributed by atoms with van der Waals surface area (Å²) in [6.07, 6.45) is 1.75. The van der Waals surface area contributed by atoms with Crippen LogP contribution in [0.3, 0.4) is 0 Å². The molecule has 4 heterocycles. The van der Waals surface area contributed by atoms with Crippen LogP contribution in [-0.4, -0.2) is 32.3 Å². The second-order valence-corrected chi connectivity index (χ2v) is 7.81. The topological polar surface area (TPSA) is 73.9 Å². The first-order chi connectivity index (χ1) is 15.1. The lowest BCUT2D eigenvalue weighted by molar-refractivity contribution is 0.0728. The zero-order valence-electron chi connectivity index (χ0n) is 17.1. The second kappa shape index (κ2) is 7.83. The third-order valence-corrected chi connectivity index (χ3v) is 5.59. The maximum Gasteiger partial charge on any atom is 0.270 e. The highest BCUT2D eigenvalue weighted by Crippen LogP contribution is 2.33. The van der Waals surface area contributed by atoms with Crippen molar-refractivity contribution < 1.29 is 9.18 Å². The Hall–Kier alpha value is -3.74. The SMILES string of the molecule is Cc1cccc(Nc2cccc([C@H]3CCCN3C(=O)c3cc4ccc(F)cc4[nH]3)n2)n1. The molecule has 0 bridgehead atoms. The number of carbonyl (C=O) groups is 1. The number of halogens is 1. The largest absolute Gasteiger partial charge is 0.350 e. The summed E-state index contributed by atoms with van der Waals surface area (Å²) >= 11 is 0. The zero-order chi connectivity index (χ0) is 21.4. The highest BCUT2D eigenvalue weighted by molar-refractivity contribution is 5.98. The van der Waals surface area contributed by atoms with Crippen LogP contribution in [0.5, 0.6) is 0 Å². The Kier molecular flexibility index (Phi) is 4.86. The van der Waals surface area contributed by atoms with Gasteiger partial charge in [0, 0.05) is 23.1 Å². The van der Waals surface area contributed by atoms with Crippen molar-refractivity contribution in [3.8, 4) is 0 Å². The van der Waals surface area contributed by atoms with Crippen molar-refractivity contribution in [1.82, 2.24) is 19.9 Å². The fraction of sp³-hybridized carbons (Fsp3) is 0.208. The van der Waals surface area contributed by atoms with Crippen molar-refractivity contribution in [3.05, 3.63) is 83.6 Å². The molecule has 4 aromatic rings. The number of aryl methyl sites for hydroxylation is 1. The molecule has 1 aliphatic rings. The number of hydrogen-bond acceptors (Lipinski definition) is 4. The van der Waals surface area contributed by atoms with Gasteiger partial charge in [-0.1, -0.05) is 12.1 Å². The molecular formula is C24H22FN5O. The highest BCUT2D eigenvalue weighted by Gasteiger charge is 2.32. The predicted molar refractivity (Wildman–Crippen MR) is 118 cm³/mol. The Bertz CT molecular complexity index is 1270. The van der Waals surface area contributed by atoms with Crippen LogP contribution >= 0.6 is 0 Å². The van der Waals surface area contributed by atoms with E-state index < -0.39 is 0 Å². The number of likely N-dealkylation sites (tertiary alicyclic amines) is 1. The number of nitrogens with one attached hydrogen (secondary N) is 2. The molecule has 156 valence electrons. The number of hydrogen-bond donors (Lipinski definition) is 2. The number of pyridine rings is 2. The molecule has 6 nitrogen and oxygen atoms in total. The minimum absolute atomic E-state index is 0.0976. The van der Waals surface area contributed by atoms with Crippen molar-refractivity contribution in [2.45, 2.75) is 25.8 Å². The molecule has 0 unspecified atom stereocenters. The number of benzene rings is 1. The third-order valence-electron chi connectivity index (χ3n) is 5.59. The number of nitrogens with zero attached hydrogens (tertiary/aromatic N) is 3. The molecule has 31 heavy (non-hydrogen) atoms. The van der Waals surface area contributed by atoms with Crippen LogP contribution in [0, 0.1) is 12.7 Å². The van der Waals surface area contributed by atoms with Gasteiger partial charge < -0.3 is 15.2 Å². The first-order valence-corrected chi connectivity index (χ1v) is 10.3. The zero-order valence-corrected chi connectivity index (χ0v) is 17.1. The van der Waals surface area contributed by atoms with Crippen LogP contribution in [0.15, 0.2) is 60.7 Å². The Morgan fingerprint density at radius 2 is 1.90 bits per heavy atom. The molecule has 1 atom stereocenters. The maximum absolute atomic E-state index is 13.5.